The molecule has 12 heavy (non-hydrogen) atoms. The van der Waals surface area contributed by atoms with Gasteiger partial charge in [0.15, 0.2) is 0 Å². The van der Waals surface area contributed by atoms with E-state index in [0.29, 0.717) is 0 Å². The molecule has 1 rings (SSSR count). The van der Waals surface area contributed by atoms with Crippen LogP contribution in [0.25, 0.3) is 0 Å². The normalized spacial score (nSPS) is 22.3. The summed E-state index contributed by atoms with van der Waals surface area (Å²) in [4.78, 5) is 0. The highest BCUT2D eigenvalue weighted by Crippen LogP contribution is 2.21. The number of nitrogens with zero attached hydrogens (tertiary/aromatic N) is 2. The highest BCUT2D eigenvalue weighted by atomic mass is 32.2. The summed E-state index contributed by atoms with van der Waals surface area (Å²) in [5, 5.41) is 0. The maximum atomic E-state index is 4.88. The third-order valence-electron chi connectivity index (χ3n) is 1.98. The fraction of sp³-hybridized carbons (Fsp3) is 1.00. The van der Waals surface area contributed by atoms with E-state index in [1.54, 1.807) is 0 Å². The summed E-state index contributed by atoms with van der Waals surface area (Å²) >= 11 is 0. The Bertz CT molecular complexity index is 253. The van der Waals surface area contributed by atoms with Crippen molar-refractivity contribution in [1.29, 1.82) is 0 Å². The Balaban J connectivity index is 3.04. The zero-order valence-electron chi connectivity index (χ0n) is 8.63. The van der Waals surface area contributed by atoms with E-state index in [4.69, 9.17) is 4.36 Å². The average molecular weight is 188 g/mol. The van der Waals surface area contributed by atoms with Crippen LogP contribution in [0.3, 0.4) is 0 Å². The first-order chi connectivity index (χ1) is 5.47. The minimum absolute atomic E-state index is 0.0964. The summed E-state index contributed by atoms with van der Waals surface area (Å²) in [6.45, 7) is 6.52. The molecule has 3 heteroatoms. The Morgan fingerprint density at radius 1 is 1.08 bits per heavy atom. The number of hydrogen-bond donors (Lipinski definition) is 0. The third kappa shape index (κ3) is 2.47. The van der Waals surface area contributed by atoms with Gasteiger partial charge >= 0.3 is 0 Å². The van der Waals surface area contributed by atoms with E-state index < -0.39 is 9.62 Å². The Labute approximate surface area is 76.6 Å². The molecule has 1 aliphatic heterocycles. The fourth-order valence-corrected chi connectivity index (χ4v) is 4.78. The van der Waals surface area contributed by atoms with Gasteiger partial charge in [0.25, 0.3) is 0 Å². The first kappa shape index (κ1) is 10.0. The highest BCUT2D eigenvalue weighted by molar-refractivity contribution is 7.96. The number of rotatable bonds is 0. The zero-order chi connectivity index (χ0) is 9.24. The van der Waals surface area contributed by atoms with Crippen molar-refractivity contribution in [2.45, 2.75) is 39.2 Å². The van der Waals surface area contributed by atoms with E-state index in [-0.39, 0.29) is 5.54 Å². The SMILES string of the molecule is CN=S1(=NC(C)(C)C)CCCC1. The van der Waals surface area contributed by atoms with Crippen LogP contribution in [0.15, 0.2) is 8.73 Å². The Kier molecular flexibility index (Phi) is 2.81. The summed E-state index contributed by atoms with van der Waals surface area (Å²) in [7, 11) is 1.03. The molecule has 0 aromatic rings. The van der Waals surface area contributed by atoms with Crippen LogP contribution in [0.1, 0.15) is 33.6 Å². The predicted octanol–water partition coefficient (Wildman–Crippen LogP) is 2.73. The lowest BCUT2D eigenvalue weighted by molar-refractivity contribution is 0.591. The van der Waals surface area contributed by atoms with Crippen molar-refractivity contribution in [3.05, 3.63) is 0 Å². The predicted molar refractivity (Wildman–Crippen MR) is 56.9 cm³/mol. The first-order valence-corrected chi connectivity index (χ1v) is 6.50. The molecule has 0 saturated carbocycles. The zero-order valence-corrected chi connectivity index (χ0v) is 9.45. The molecule has 0 amide bonds. The second kappa shape index (κ2) is 3.36. The average Bonchev–Trinajstić information content (AvgIpc) is 2.34. The summed E-state index contributed by atoms with van der Waals surface area (Å²) in [5.74, 6) is 2.47. The summed E-state index contributed by atoms with van der Waals surface area (Å²) < 4.78 is 9.40. The van der Waals surface area contributed by atoms with Crippen molar-refractivity contribution in [3.8, 4) is 0 Å². The highest BCUT2D eigenvalue weighted by Gasteiger charge is 2.17. The molecule has 0 N–H and O–H groups in total. The van der Waals surface area contributed by atoms with Crippen molar-refractivity contribution >= 4 is 9.62 Å². The van der Waals surface area contributed by atoms with E-state index >= 15 is 0 Å². The molecular weight excluding hydrogens is 168 g/mol. The fourth-order valence-electron chi connectivity index (χ4n) is 1.59. The molecule has 1 heterocycles. The molecule has 0 radical (unpaired) electrons. The standard InChI is InChI=1S/C9H20N2S/c1-9(2,3)11-12(10-4)7-5-6-8-12/h5-8H2,1-4H3. The lowest BCUT2D eigenvalue weighted by Gasteiger charge is -2.17. The smallest absolute Gasteiger partial charge is 0.0602 e. The molecule has 2 nitrogen and oxygen atoms in total. The lowest BCUT2D eigenvalue weighted by Crippen LogP contribution is -2.15. The molecule has 0 aliphatic carbocycles. The van der Waals surface area contributed by atoms with E-state index in [2.05, 4.69) is 25.1 Å². The maximum Gasteiger partial charge on any atom is 0.0602 e. The van der Waals surface area contributed by atoms with Crippen molar-refractivity contribution < 1.29 is 0 Å². The van der Waals surface area contributed by atoms with Crippen molar-refractivity contribution in [2.24, 2.45) is 8.73 Å². The molecular formula is C9H20N2S. The van der Waals surface area contributed by atoms with Crippen LogP contribution in [-0.2, 0) is 9.62 Å². The van der Waals surface area contributed by atoms with Crippen molar-refractivity contribution in [3.63, 3.8) is 0 Å². The summed E-state index contributed by atoms with van der Waals surface area (Å²) in [5.41, 5.74) is 0.0964. The van der Waals surface area contributed by atoms with Gasteiger partial charge in [0.2, 0.25) is 0 Å². The molecule has 0 unspecified atom stereocenters. The first-order valence-electron chi connectivity index (χ1n) is 4.61. The van der Waals surface area contributed by atoms with E-state index in [9.17, 15) is 0 Å². The molecule has 0 aromatic heterocycles. The molecule has 72 valence electrons. The van der Waals surface area contributed by atoms with Gasteiger partial charge in [-0.15, -0.1) is 0 Å². The topological polar surface area (TPSA) is 24.7 Å². The Morgan fingerprint density at radius 2 is 1.58 bits per heavy atom. The lowest BCUT2D eigenvalue weighted by atomic mass is 10.1. The molecule has 1 aliphatic rings. The van der Waals surface area contributed by atoms with Crippen LogP contribution in [-0.4, -0.2) is 24.1 Å². The van der Waals surface area contributed by atoms with Gasteiger partial charge < -0.3 is 0 Å². The van der Waals surface area contributed by atoms with Gasteiger partial charge in [0.05, 0.1) is 5.54 Å². The minimum Gasteiger partial charge on any atom is -0.258 e. The molecule has 0 spiro atoms. The molecule has 1 saturated heterocycles. The van der Waals surface area contributed by atoms with Crippen LogP contribution in [0.4, 0.5) is 0 Å². The number of hydrogen-bond acceptors (Lipinski definition) is 2. The second-order valence-electron chi connectivity index (χ2n) is 4.36. The van der Waals surface area contributed by atoms with Crippen LogP contribution in [0.2, 0.25) is 0 Å². The van der Waals surface area contributed by atoms with Crippen molar-refractivity contribution in [1.82, 2.24) is 0 Å². The van der Waals surface area contributed by atoms with Crippen molar-refractivity contribution in [2.75, 3.05) is 18.6 Å². The third-order valence-corrected chi connectivity index (χ3v) is 5.43. The van der Waals surface area contributed by atoms with Crippen LogP contribution in [0.5, 0.6) is 0 Å². The van der Waals surface area contributed by atoms with Crippen LogP contribution in [0, 0.1) is 0 Å². The maximum absolute atomic E-state index is 4.88. The molecule has 1 fully saturated rings. The van der Waals surface area contributed by atoms with E-state index in [1.165, 1.54) is 24.3 Å². The van der Waals surface area contributed by atoms with Gasteiger partial charge in [-0.25, -0.2) is 4.36 Å². The van der Waals surface area contributed by atoms with Gasteiger partial charge in [-0.05, 0) is 33.6 Å². The van der Waals surface area contributed by atoms with Gasteiger partial charge in [0, 0.05) is 18.6 Å². The Morgan fingerprint density at radius 3 is 1.92 bits per heavy atom. The summed E-state index contributed by atoms with van der Waals surface area (Å²) in [6, 6.07) is 0. The van der Waals surface area contributed by atoms with Crippen LogP contribution >= 0.6 is 0 Å². The van der Waals surface area contributed by atoms with E-state index in [1.807, 2.05) is 7.05 Å². The summed E-state index contributed by atoms with van der Waals surface area (Å²) in [6.07, 6.45) is 2.65. The Hall–Kier alpha value is -0.0500. The van der Waals surface area contributed by atoms with Gasteiger partial charge in [-0.1, -0.05) is 9.62 Å². The molecule has 0 atom stereocenters. The molecule has 0 aromatic carbocycles. The minimum atomic E-state index is -0.907. The quantitative estimate of drug-likeness (QED) is 0.558. The molecule has 0 bridgehead atoms. The second-order valence-corrected chi connectivity index (χ2v) is 7.33. The monoisotopic (exact) mass is 188 g/mol. The van der Waals surface area contributed by atoms with Gasteiger partial charge in [-0.2, -0.15) is 0 Å². The van der Waals surface area contributed by atoms with Crippen LogP contribution < -0.4 is 0 Å². The largest absolute Gasteiger partial charge is 0.258 e. The van der Waals surface area contributed by atoms with Gasteiger partial charge in [-0.3, -0.25) is 4.36 Å². The van der Waals surface area contributed by atoms with E-state index in [0.717, 1.165) is 0 Å². The van der Waals surface area contributed by atoms with Gasteiger partial charge in [0.1, 0.15) is 0 Å².